The van der Waals surface area contributed by atoms with Crippen LogP contribution in [-0.2, 0) is 11.0 Å². The summed E-state index contributed by atoms with van der Waals surface area (Å²) < 4.78 is 38.2. The number of rotatable bonds is 5. The van der Waals surface area contributed by atoms with Gasteiger partial charge in [0.25, 0.3) is 0 Å². The molecule has 1 unspecified atom stereocenters. The molecule has 2 amide bonds. The van der Waals surface area contributed by atoms with Crippen molar-refractivity contribution in [1.29, 1.82) is 0 Å². The predicted octanol–water partition coefficient (Wildman–Crippen LogP) is 3.26. The molecule has 3 N–H and O–H groups in total. The van der Waals surface area contributed by atoms with E-state index in [0.29, 0.717) is 17.3 Å². The van der Waals surface area contributed by atoms with Crippen molar-refractivity contribution in [3.63, 3.8) is 0 Å². The van der Waals surface area contributed by atoms with Crippen LogP contribution in [0.3, 0.4) is 0 Å². The molecule has 22 heavy (non-hydrogen) atoms. The van der Waals surface area contributed by atoms with E-state index in [2.05, 4.69) is 15.9 Å². The highest BCUT2D eigenvalue weighted by molar-refractivity contribution is 9.09. The Morgan fingerprint density at radius 3 is 2.50 bits per heavy atom. The molecule has 5 nitrogen and oxygen atoms in total. The lowest BCUT2D eigenvalue weighted by molar-refractivity contribution is -0.137. The summed E-state index contributed by atoms with van der Waals surface area (Å²) in [6.45, 7) is 0. The van der Waals surface area contributed by atoms with Crippen LogP contribution in [0.5, 0.6) is 0 Å². The number of hydrogen-bond acceptors (Lipinski definition) is 2. The van der Waals surface area contributed by atoms with E-state index in [4.69, 9.17) is 5.11 Å². The van der Waals surface area contributed by atoms with Gasteiger partial charge in [0.1, 0.15) is 0 Å². The summed E-state index contributed by atoms with van der Waals surface area (Å²) in [5.74, 6) is -1.08. The minimum Gasteiger partial charge on any atom is -0.464 e. The van der Waals surface area contributed by atoms with Crippen LogP contribution in [0.25, 0.3) is 0 Å². The number of hydrogen-bond donors (Lipinski definition) is 3. The fourth-order valence-electron chi connectivity index (χ4n) is 1.89. The average Bonchev–Trinajstić information content (AvgIpc) is 2.44. The summed E-state index contributed by atoms with van der Waals surface area (Å²) >= 11 is 3.19. The summed E-state index contributed by atoms with van der Waals surface area (Å²) in [6.07, 6.45) is -5.58. The van der Waals surface area contributed by atoms with Crippen LogP contribution in [0.2, 0.25) is 0 Å². The fraction of sp³-hybridized carbons (Fsp3) is 0.385. The van der Waals surface area contributed by atoms with Crippen molar-refractivity contribution in [2.75, 3.05) is 5.33 Å². The first-order valence-electron chi connectivity index (χ1n) is 6.25. The number of nitrogens with one attached hydrogen (secondary N) is 2. The summed E-state index contributed by atoms with van der Waals surface area (Å²) in [7, 11) is 0. The van der Waals surface area contributed by atoms with E-state index in [1.54, 1.807) is 5.43 Å². The van der Waals surface area contributed by atoms with Gasteiger partial charge in [-0.1, -0.05) is 34.1 Å². The van der Waals surface area contributed by atoms with Crippen LogP contribution in [0.4, 0.5) is 18.0 Å². The molecule has 1 atom stereocenters. The highest BCUT2D eigenvalue weighted by Gasteiger charge is 2.31. The lowest BCUT2D eigenvalue weighted by Crippen LogP contribution is -2.41. The molecule has 1 aromatic carbocycles. The Labute approximate surface area is 133 Å². The first-order valence-corrected chi connectivity index (χ1v) is 7.37. The number of benzene rings is 1. The molecular formula is C13H14BrF3N2O3. The van der Waals surface area contributed by atoms with Crippen molar-refractivity contribution in [3.05, 3.63) is 35.4 Å². The second-order valence-electron chi connectivity index (χ2n) is 4.48. The van der Waals surface area contributed by atoms with Gasteiger partial charge in [-0.05, 0) is 24.0 Å². The summed E-state index contributed by atoms with van der Waals surface area (Å²) in [4.78, 5) is 21.9. The third-order valence-corrected chi connectivity index (χ3v) is 3.34. The minimum atomic E-state index is -4.46. The molecule has 0 heterocycles. The van der Waals surface area contributed by atoms with Gasteiger partial charge >= 0.3 is 12.3 Å². The van der Waals surface area contributed by atoms with E-state index in [0.717, 1.165) is 12.1 Å². The molecule has 0 saturated carbocycles. The molecule has 0 spiro atoms. The molecular weight excluding hydrogens is 369 g/mol. The predicted molar refractivity (Wildman–Crippen MR) is 76.5 cm³/mol. The van der Waals surface area contributed by atoms with Gasteiger partial charge in [-0.3, -0.25) is 10.2 Å². The van der Waals surface area contributed by atoms with Crippen LogP contribution in [0, 0.1) is 0 Å². The van der Waals surface area contributed by atoms with Gasteiger partial charge in [-0.25, -0.2) is 10.2 Å². The maximum absolute atomic E-state index is 12.7. The van der Waals surface area contributed by atoms with E-state index >= 15 is 0 Å². The molecule has 0 aliphatic rings. The smallest absolute Gasteiger partial charge is 0.423 e. The quantitative estimate of drug-likeness (QED) is 0.540. The molecule has 0 bridgehead atoms. The zero-order chi connectivity index (χ0) is 16.8. The lowest BCUT2D eigenvalue weighted by Gasteiger charge is -2.17. The van der Waals surface area contributed by atoms with Gasteiger partial charge in [0.15, 0.2) is 0 Å². The van der Waals surface area contributed by atoms with Gasteiger partial charge < -0.3 is 5.11 Å². The van der Waals surface area contributed by atoms with E-state index in [1.165, 1.54) is 12.1 Å². The zero-order valence-corrected chi connectivity index (χ0v) is 12.9. The number of alkyl halides is 4. The standard InChI is InChI=1S/C13H14BrF3N2O3/c14-5-4-9(7-11(20)18-19-12(21)22)8-2-1-3-10(6-8)13(15,16)17/h1-3,6,9,19H,4-5,7H2,(H,18,20)(H,21,22). The number of carboxylic acid groups (broad SMARTS) is 1. The second kappa shape index (κ2) is 8.02. The van der Waals surface area contributed by atoms with Gasteiger partial charge in [0.05, 0.1) is 5.56 Å². The highest BCUT2D eigenvalue weighted by Crippen LogP contribution is 2.32. The molecule has 0 saturated heterocycles. The maximum atomic E-state index is 12.7. The molecule has 0 fully saturated rings. The minimum absolute atomic E-state index is 0.132. The van der Waals surface area contributed by atoms with Crippen LogP contribution in [0.15, 0.2) is 24.3 Å². The van der Waals surface area contributed by atoms with Gasteiger partial charge in [0.2, 0.25) is 5.91 Å². The Morgan fingerprint density at radius 1 is 1.27 bits per heavy atom. The second-order valence-corrected chi connectivity index (χ2v) is 5.27. The van der Waals surface area contributed by atoms with Crippen molar-refractivity contribution in [2.24, 2.45) is 0 Å². The van der Waals surface area contributed by atoms with Gasteiger partial charge in [0, 0.05) is 11.8 Å². The molecule has 1 rings (SSSR count). The summed E-state index contributed by atoms with van der Waals surface area (Å²) in [6, 6.07) is 4.76. The van der Waals surface area contributed by atoms with Gasteiger partial charge in [-0.15, -0.1) is 0 Å². The van der Waals surface area contributed by atoms with Crippen molar-refractivity contribution >= 4 is 27.9 Å². The van der Waals surface area contributed by atoms with Crippen molar-refractivity contribution in [2.45, 2.75) is 24.9 Å². The van der Waals surface area contributed by atoms with Crippen LogP contribution in [-0.4, -0.2) is 22.4 Å². The molecule has 9 heteroatoms. The third kappa shape index (κ3) is 5.92. The lowest BCUT2D eigenvalue weighted by atomic mass is 9.91. The molecule has 0 aliphatic carbocycles. The topological polar surface area (TPSA) is 78.4 Å². The van der Waals surface area contributed by atoms with Gasteiger partial charge in [-0.2, -0.15) is 13.2 Å². The monoisotopic (exact) mass is 382 g/mol. The number of amides is 2. The highest BCUT2D eigenvalue weighted by atomic mass is 79.9. The van der Waals surface area contributed by atoms with Crippen molar-refractivity contribution in [3.8, 4) is 0 Å². The fourth-order valence-corrected chi connectivity index (χ4v) is 2.44. The number of carbonyl (C=O) groups excluding carboxylic acids is 1. The molecule has 122 valence electrons. The molecule has 0 aromatic heterocycles. The molecule has 0 radical (unpaired) electrons. The number of halogens is 4. The van der Waals surface area contributed by atoms with Crippen LogP contribution >= 0.6 is 15.9 Å². The largest absolute Gasteiger partial charge is 0.464 e. The third-order valence-electron chi connectivity index (χ3n) is 2.88. The number of carbonyl (C=O) groups is 2. The van der Waals surface area contributed by atoms with E-state index in [1.807, 2.05) is 5.43 Å². The van der Waals surface area contributed by atoms with Crippen molar-refractivity contribution in [1.82, 2.24) is 10.9 Å². The SMILES string of the molecule is O=C(O)NNC(=O)CC(CCBr)c1cccc(C(F)(F)F)c1. The first kappa shape index (κ1) is 18.3. The Hall–Kier alpha value is -1.77. The Morgan fingerprint density at radius 2 is 1.95 bits per heavy atom. The van der Waals surface area contributed by atoms with Crippen LogP contribution in [0.1, 0.15) is 29.9 Å². The van der Waals surface area contributed by atoms with Crippen LogP contribution < -0.4 is 10.9 Å². The Balaban J connectivity index is 2.86. The van der Waals surface area contributed by atoms with E-state index < -0.39 is 29.7 Å². The van der Waals surface area contributed by atoms with E-state index in [9.17, 15) is 22.8 Å². The number of hydrazine groups is 1. The Kier molecular flexibility index (Phi) is 6.66. The van der Waals surface area contributed by atoms with E-state index in [-0.39, 0.29) is 6.42 Å². The zero-order valence-electron chi connectivity index (χ0n) is 11.3. The molecule has 0 aliphatic heterocycles. The summed E-state index contributed by atoms with van der Waals surface area (Å²) in [5.41, 5.74) is 3.26. The average molecular weight is 383 g/mol. The maximum Gasteiger partial charge on any atom is 0.423 e. The van der Waals surface area contributed by atoms with Crippen molar-refractivity contribution < 1.29 is 27.9 Å². The molecule has 1 aromatic rings. The Bertz CT molecular complexity index is 538. The first-order chi connectivity index (χ1) is 10.2. The summed E-state index contributed by atoms with van der Waals surface area (Å²) in [5, 5.41) is 8.88. The normalized spacial score (nSPS) is 12.5.